The molecular formula is C13H23N3O2S2. The summed E-state index contributed by atoms with van der Waals surface area (Å²) in [4.78, 5) is 4.08. The van der Waals surface area contributed by atoms with Gasteiger partial charge in [0.05, 0.1) is 11.2 Å². The molecular weight excluding hydrogens is 294 g/mol. The second kappa shape index (κ2) is 6.98. The molecule has 1 atom stereocenters. The van der Waals surface area contributed by atoms with Crippen molar-refractivity contribution in [3.63, 3.8) is 0 Å². The monoisotopic (exact) mass is 317 g/mol. The van der Waals surface area contributed by atoms with Crippen LogP contribution in [0.2, 0.25) is 0 Å². The maximum atomic E-state index is 12.7. The summed E-state index contributed by atoms with van der Waals surface area (Å²) in [6.07, 6.45) is 5.54. The van der Waals surface area contributed by atoms with Crippen molar-refractivity contribution in [2.45, 2.75) is 49.8 Å². The minimum absolute atomic E-state index is 0.0720. The average Bonchev–Trinajstić information content (AvgIpc) is 2.87. The summed E-state index contributed by atoms with van der Waals surface area (Å²) in [5.74, 6) is 0. The van der Waals surface area contributed by atoms with Crippen LogP contribution in [0.4, 0.5) is 0 Å². The highest BCUT2D eigenvalue weighted by Gasteiger charge is 2.34. The van der Waals surface area contributed by atoms with Gasteiger partial charge in [0.1, 0.15) is 0 Å². The third kappa shape index (κ3) is 3.58. The van der Waals surface area contributed by atoms with Crippen molar-refractivity contribution in [1.29, 1.82) is 0 Å². The summed E-state index contributed by atoms with van der Waals surface area (Å²) in [6, 6.07) is 0.0720. The molecule has 2 heterocycles. The number of thiazole rings is 1. The first-order valence-corrected chi connectivity index (χ1v) is 9.46. The van der Waals surface area contributed by atoms with Crippen molar-refractivity contribution in [2.24, 2.45) is 0 Å². The normalized spacial score (nSPS) is 21.2. The molecule has 7 heteroatoms. The molecule has 0 bridgehead atoms. The van der Waals surface area contributed by atoms with Crippen LogP contribution in [0.3, 0.4) is 0 Å². The molecule has 1 N–H and O–H groups in total. The number of nitrogens with one attached hydrogen (secondary N) is 1. The second-order valence-electron chi connectivity index (χ2n) is 5.17. The SMILES string of the molecule is CCCNCC1CCCCN1S(=O)(=O)c1cnc(C)s1. The van der Waals surface area contributed by atoms with Gasteiger partial charge in [0, 0.05) is 19.1 Å². The van der Waals surface area contributed by atoms with Crippen molar-refractivity contribution in [3.8, 4) is 0 Å². The van der Waals surface area contributed by atoms with Crippen LogP contribution in [0, 0.1) is 6.92 Å². The van der Waals surface area contributed by atoms with Crippen LogP contribution in [0.5, 0.6) is 0 Å². The van der Waals surface area contributed by atoms with E-state index in [9.17, 15) is 8.42 Å². The molecule has 0 amide bonds. The van der Waals surface area contributed by atoms with E-state index in [1.807, 2.05) is 6.92 Å². The Morgan fingerprint density at radius 1 is 1.50 bits per heavy atom. The standard InChI is InChI=1S/C13H23N3O2S2/c1-3-7-14-9-12-6-4-5-8-16(12)20(17,18)13-10-15-11(2)19-13/h10,12,14H,3-9H2,1-2H3. The Hall–Kier alpha value is -0.500. The topological polar surface area (TPSA) is 62.3 Å². The van der Waals surface area contributed by atoms with Crippen LogP contribution in [0.15, 0.2) is 10.4 Å². The van der Waals surface area contributed by atoms with Gasteiger partial charge in [0.2, 0.25) is 0 Å². The maximum Gasteiger partial charge on any atom is 0.254 e. The highest BCUT2D eigenvalue weighted by atomic mass is 32.2. The molecule has 0 aromatic carbocycles. The molecule has 0 radical (unpaired) electrons. The van der Waals surface area contributed by atoms with Crippen molar-refractivity contribution < 1.29 is 8.42 Å². The minimum Gasteiger partial charge on any atom is -0.315 e. The van der Waals surface area contributed by atoms with Crippen LogP contribution in [-0.2, 0) is 10.0 Å². The Balaban J connectivity index is 2.14. The summed E-state index contributed by atoms with van der Waals surface area (Å²) in [6.45, 7) is 6.25. The van der Waals surface area contributed by atoms with Gasteiger partial charge < -0.3 is 5.32 Å². The summed E-state index contributed by atoms with van der Waals surface area (Å²) in [5.41, 5.74) is 0. The number of aromatic nitrogens is 1. The first-order chi connectivity index (χ1) is 9.55. The van der Waals surface area contributed by atoms with Crippen molar-refractivity contribution in [1.82, 2.24) is 14.6 Å². The lowest BCUT2D eigenvalue weighted by Gasteiger charge is -2.34. The fourth-order valence-corrected chi connectivity index (χ4v) is 5.45. The summed E-state index contributed by atoms with van der Waals surface area (Å²) in [5, 5.41) is 4.14. The zero-order chi connectivity index (χ0) is 14.6. The van der Waals surface area contributed by atoms with Crippen molar-refractivity contribution >= 4 is 21.4 Å². The number of sulfonamides is 1. The van der Waals surface area contributed by atoms with E-state index in [1.54, 1.807) is 4.31 Å². The highest BCUT2D eigenvalue weighted by molar-refractivity contribution is 7.91. The first-order valence-electron chi connectivity index (χ1n) is 7.20. The van der Waals surface area contributed by atoms with Gasteiger partial charge in [-0.1, -0.05) is 13.3 Å². The number of nitrogens with zero attached hydrogens (tertiary/aromatic N) is 2. The third-order valence-corrected chi connectivity index (χ3v) is 6.84. The van der Waals surface area contributed by atoms with Gasteiger partial charge in [-0.2, -0.15) is 4.31 Å². The van der Waals surface area contributed by atoms with Crippen LogP contribution >= 0.6 is 11.3 Å². The molecule has 0 aliphatic carbocycles. The summed E-state index contributed by atoms with van der Waals surface area (Å²) < 4.78 is 27.5. The van der Waals surface area contributed by atoms with E-state index in [2.05, 4.69) is 17.2 Å². The summed E-state index contributed by atoms with van der Waals surface area (Å²) in [7, 11) is -3.38. The van der Waals surface area contributed by atoms with Gasteiger partial charge in [-0.05, 0) is 32.7 Å². The Morgan fingerprint density at radius 2 is 2.30 bits per heavy atom. The lowest BCUT2D eigenvalue weighted by molar-refractivity contribution is 0.246. The lowest BCUT2D eigenvalue weighted by atomic mass is 10.1. The van der Waals surface area contributed by atoms with Gasteiger partial charge >= 0.3 is 0 Å². The molecule has 1 aliphatic heterocycles. The molecule has 1 saturated heterocycles. The molecule has 5 nitrogen and oxygen atoms in total. The smallest absolute Gasteiger partial charge is 0.254 e. The Bertz CT molecular complexity index is 527. The zero-order valence-corrected chi connectivity index (χ0v) is 13.8. The molecule has 0 saturated carbocycles. The van der Waals surface area contributed by atoms with Crippen molar-refractivity contribution in [2.75, 3.05) is 19.6 Å². The van der Waals surface area contributed by atoms with E-state index >= 15 is 0 Å². The molecule has 1 unspecified atom stereocenters. The predicted octanol–water partition coefficient (Wildman–Crippen LogP) is 1.99. The number of aryl methyl sites for hydroxylation is 1. The van der Waals surface area contributed by atoms with E-state index in [4.69, 9.17) is 0 Å². The van der Waals surface area contributed by atoms with E-state index in [0.29, 0.717) is 10.8 Å². The average molecular weight is 317 g/mol. The molecule has 1 fully saturated rings. The van der Waals surface area contributed by atoms with E-state index in [-0.39, 0.29) is 6.04 Å². The molecule has 1 aromatic heterocycles. The van der Waals surface area contributed by atoms with E-state index in [0.717, 1.165) is 43.8 Å². The number of hydrogen-bond acceptors (Lipinski definition) is 5. The van der Waals surface area contributed by atoms with Crippen LogP contribution < -0.4 is 5.32 Å². The minimum atomic E-state index is -3.38. The van der Waals surface area contributed by atoms with Crippen LogP contribution in [0.25, 0.3) is 0 Å². The molecule has 2 rings (SSSR count). The van der Waals surface area contributed by atoms with Crippen LogP contribution in [0.1, 0.15) is 37.6 Å². The Kier molecular flexibility index (Phi) is 5.54. The fourth-order valence-electron chi connectivity index (χ4n) is 2.52. The zero-order valence-electron chi connectivity index (χ0n) is 12.1. The highest BCUT2D eigenvalue weighted by Crippen LogP contribution is 2.28. The number of piperidine rings is 1. The quantitative estimate of drug-likeness (QED) is 0.815. The lowest BCUT2D eigenvalue weighted by Crippen LogP contribution is -2.48. The fraction of sp³-hybridized carbons (Fsp3) is 0.769. The summed E-state index contributed by atoms with van der Waals surface area (Å²) >= 11 is 1.26. The number of hydrogen-bond donors (Lipinski definition) is 1. The Labute approximate surface area is 125 Å². The number of rotatable bonds is 6. The molecule has 1 aliphatic rings. The van der Waals surface area contributed by atoms with Gasteiger partial charge in [-0.25, -0.2) is 13.4 Å². The van der Waals surface area contributed by atoms with Crippen LogP contribution in [-0.4, -0.2) is 43.4 Å². The van der Waals surface area contributed by atoms with Crippen molar-refractivity contribution in [3.05, 3.63) is 11.2 Å². The van der Waals surface area contributed by atoms with E-state index < -0.39 is 10.0 Å². The van der Waals surface area contributed by atoms with Gasteiger partial charge in [-0.3, -0.25) is 0 Å². The van der Waals surface area contributed by atoms with Gasteiger partial charge in [-0.15, -0.1) is 11.3 Å². The third-order valence-electron chi connectivity index (χ3n) is 3.54. The molecule has 0 spiro atoms. The second-order valence-corrected chi connectivity index (χ2v) is 8.52. The first kappa shape index (κ1) is 15.9. The van der Waals surface area contributed by atoms with E-state index in [1.165, 1.54) is 17.5 Å². The van der Waals surface area contributed by atoms with Gasteiger partial charge in [0.15, 0.2) is 4.21 Å². The molecule has 20 heavy (non-hydrogen) atoms. The largest absolute Gasteiger partial charge is 0.315 e. The molecule has 1 aromatic rings. The van der Waals surface area contributed by atoms with Gasteiger partial charge in [0.25, 0.3) is 10.0 Å². The maximum absolute atomic E-state index is 12.7. The molecule has 114 valence electrons. The predicted molar refractivity (Wildman–Crippen MR) is 81.5 cm³/mol. The Morgan fingerprint density at radius 3 is 2.95 bits per heavy atom.